The van der Waals surface area contributed by atoms with E-state index in [0.717, 1.165) is 16.8 Å². The Labute approximate surface area is 139 Å². The Kier molecular flexibility index (Phi) is 4.57. The van der Waals surface area contributed by atoms with Crippen LogP contribution in [0, 0.1) is 24.0 Å². The summed E-state index contributed by atoms with van der Waals surface area (Å²) in [5.41, 5.74) is 2.74. The van der Waals surface area contributed by atoms with Gasteiger partial charge in [-0.15, -0.1) is 0 Å². The standard InChI is InChI=1S/C16H19N5O3/c1-11-3-4-12(2)13(9-11)19-15-14(21(22)23)16(18-10-17-15)20-5-7-24-8-6-20/h3-4,9-10H,5-8H2,1-2H3,(H,17,18,19). The zero-order valence-electron chi connectivity index (χ0n) is 13.7. The zero-order valence-corrected chi connectivity index (χ0v) is 13.7. The highest BCUT2D eigenvalue weighted by atomic mass is 16.6. The lowest BCUT2D eigenvalue weighted by atomic mass is 10.1. The van der Waals surface area contributed by atoms with Crippen molar-refractivity contribution in [1.82, 2.24) is 9.97 Å². The van der Waals surface area contributed by atoms with E-state index in [4.69, 9.17) is 4.74 Å². The van der Waals surface area contributed by atoms with E-state index in [0.29, 0.717) is 32.1 Å². The summed E-state index contributed by atoms with van der Waals surface area (Å²) in [5.74, 6) is 0.524. The fourth-order valence-corrected chi connectivity index (χ4v) is 2.63. The van der Waals surface area contributed by atoms with Crippen LogP contribution in [-0.4, -0.2) is 41.2 Å². The zero-order chi connectivity index (χ0) is 17.1. The van der Waals surface area contributed by atoms with Crippen LogP contribution < -0.4 is 10.2 Å². The minimum absolute atomic E-state index is 0.111. The third kappa shape index (κ3) is 3.28. The molecule has 0 aliphatic carbocycles. The van der Waals surface area contributed by atoms with E-state index < -0.39 is 4.92 Å². The van der Waals surface area contributed by atoms with Crippen molar-refractivity contribution in [2.24, 2.45) is 0 Å². The first kappa shape index (κ1) is 16.1. The number of nitrogens with one attached hydrogen (secondary N) is 1. The number of nitro groups is 1. The number of aromatic nitrogens is 2. The second-order valence-electron chi connectivity index (χ2n) is 5.69. The smallest absolute Gasteiger partial charge is 0.353 e. The molecule has 0 spiro atoms. The minimum Gasteiger partial charge on any atom is -0.378 e. The van der Waals surface area contributed by atoms with Crippen LogP contribution in [-0.2, 0) is 4.74 Å². The Balaban J connectivity index is 2.01. The molecule has 8 nitrogen and oxygen atoms in total. The van der Waals surface area contributed by atoms with Crippen molar-refractivity contribution in [3.63, 3.8) is 0 Å². The van der Waals surface area contributed by atoms with E-state index in [2.05, 4.69) is 15.3 Å². The molecule has 0 unspecified atom stereocenters. The molecule has 0 amide bonds. The number of benzene rings is 1. The van der Waals surface area contributed by atoms with Gasteiger partial charge in [0.15, 0.2) is 0 Å². The van der Waals surface area contributed by atoms with Crippen molar-refractivity contribution >= 4 is 23.0 Å². The molecule has 1 aromatic heterocycles. The molecule has 2 heterocycles. The largest absolute Gasteiger partial charge is 0.378 e. The predicted octanol–water partition coefficient (Wildman–Crippen LogP) is 2.58. The molecule has 24 heavy (non-hydrogen) atoms. The molecule has 0 radical (unpaired) electrons. The molecule has 1 N–H and O–H groups in total. The second-order valence-corrected chi connectivity index (χ2v) is 5.69. The maximum Gasteiger partial charge on any atom is 0.353 e. The van der Waals surface area contributed by atoms with Crippen molar-refractivity contribution in [3.05, 3.63) is 45.8 Å². The number of anilines is 3. The molecule has 8 heteroatoms. The number of hydrogen-bond acceptors (Lipinski definition) is 7. The van der Waals surface area contributed by atoms with Crippen molar-refractivity contribution in [1.29, 1.82) is 0 Å². The Morgan fingerprint density at radius 1 is 1.25 bits per heavy atom. The van der Waals surface area contributed by atoms with Gasteiger partial charge >= 0.3 is 5.69 Å². The quantitative estimate of drug-likeness (QED) is 0.680. The number of rotatable bonds is 4. The lowest BCUT2D eigenvalue weighted by Crippen LogP contribution is -2.37. The first-order valence-corrected chi connectivity index (χ1v) is 7.72. The van der Waals surface area contributed by atoms with Crippen LogP contribution >= 0.6 is 0 Å². The molecule has 2 aromatic rings. The van der Waals surface area contributed by atoms with E-state index in [1.807, 2.05) is 36.9 Å². The fourth-order valence-electron chi connectivity index (χ4n) is 2.63. The molecule has 1 aliphatic rings. The number of nitrogens with zero attached hydrogens (tertiary/aromatic N) is 4. The van der Waals surface area contributed by atoms with E-state index >= 15 is 0 Å². The lowest BCUT2D eigenvalue weighted by Gasteiger charge is -2.27. The van der Waals surface area contributed by atoms with Crippen molar-refractivity contribution in [2.75, 3.05) is 36.5 Å². The van der Waals surface area contributed by atoms with Gasteiger partial charge in [0.1, 0.15) is 6.33 Å². The summed E-state index contributed by atoms with van der Waals surface area (Å²) in [7, 11) is 0. The van der Waals surface area contributed by atoms with E-state index in [1.54, 1.807) is 0 Å². The molecule has 1 aliphatic heterocycles. The van der Waals surface area contributed by atoms with Crippen LogP contribution in [0.5, 0.6) is 0 Å². The highest BCUT2D eigenvalue weighted by Crippen LogP contribution is 2.34. The molecular formula is C16H19N5O3. The molecular weight excluding hydrogens is 310 g/mol. The topological polar surface area (TPSA) is 93.4 Å². The number of hydrogen-bond donors (Lipinski definition) is 1. The molecule has 1 saturated heterocycles. The number of ether oxygens (including phenoxy) is 1. The Hall–Kier alpha value is -2.74. The maximum atomic E-state index is 11.7. The summed E-state index contributed by atoms with van der Waals surface area (Å²) in [5, 5.41) is 14.7. The highest BCUT2D eigenvalue weighted by molar-refractivity contribution is 5.75. The Morgan fingerprint density at radius 3 is 2.71 bits per heavy atom. The van der Waals surface area contributed by atoms with Crippen molar-refractivity contribution in [2.45, 2.75) is 13.8 Å². The summed E-state index contributed by atoms with van der Waals surface area (Å²) in [4.78, 5) is 21.3. The van der Waals surface area contributed by atoms with Gasteiger partial charge in [-0.3, -0.25) is 10.1 Å². The number of morpholine rings is 1. The summed E-state index contributed by atoms with van der Waals surface area (Å²) in [6, 6.07) is 5.90. The molecule has 126 valence electrons. The van der Waals surface area contributed by atoms with Gasteiger partial charge in [0.25, 0.3) is 0 Å². The van der Waals surface area contributed by atoms with Gasteiger partial charge in [-0.1, -0.05) is 12.1 Å². The highest BCUT2D eigenvalue weighted by Gasteiger charge is 2.28. The maximum absolute atomic E-state index is 11.7. The van der Waals surface area contributed by atoms with Crippen LogP contribution in [0.25, 0.3) is 0 Å². The van der Waals surface area contributed by atoms with Gasteiger partial charge in [0.2, 0.25) is 11.6 Å². The van der Waals surface area contributed by atoms with E-state index in [9.17, 15) is 10.1 Å². The Morgan fingerprint density at radius 2 is 2.00 bits per heavy atom. The van der Waals surface area contributed by atoms with Crippen LogP contribution in [0.1, 0.15) is 11.1 Å². The summed E-state index contributed by atoms with van der Waals surface area (Å²) in [6.45, 7) is 6.11. The van der Waals surface area contributed by atoms with Crippen molar-refractivity contribution in [3.8, 4) is 0 Å². The van der Waals surface area contributed by atoms with Gasteiger partial charge in [-0.2, -0.15) is 0 Å². The average Bonchev–Trinajstić information content (AvgIpc) is 2.58. The van der Waals surface area contributed by atoms with Crippen LogP contribution in [0.2, 0.25) is 0 Å². The van der Waals surface area contributed by atoms with Gasteiger partial charge < -0.3 is 15.0 Å². The first-order chi connectivity index (χ1) is 11.6. The third-order valence-electron chi connectivity index (χ3n) is 3.94. The molecule has 1 fully saturated rings. The summed E-state index contributed by atoms with van der Waals surface area (Å²) in [6.07, 6.45) is 1.35. The lowest BCUT2D eigenvalue weighted by molar-refractivity contribution is -0.383. The predicted molar refractivity (Wildman–Crippen MR) is 90.9 cm³/mol. The van der Waals surface area contributed by atoms with Crippen molar-refractivity contribution < 1.29 is 9.66 Å². The summed E-state index contributed by atoms with van der Waals surface area (Å²) >= 11 is 0. The van der Waals surface area contributed by atoms with Gasteiger partial charge in [0, 0.05) is 18.8 Å². The molecule has 0 bridgehead atoms. The monoisotopic (exact) mass is 329 g/mol. The summed E-state index contributed by atoms with van der Waals surface area (Å²) < 4.78 is 5.31. The molecule has 0 saturated carbocycles. The van der Waals surface area contributed by atoms with E-state index in [-0.39, 0.29) is 11.5 Å². The first-order valence-electron chi connectivity index (χ1n) is 7.72. The SMILES string of the molecule is Cc1ccc(C)c(Nc2ncnc(N3CCOCC3)c2[N+](=O)[O-])c1. The molecule has 3 rings (SSSR count). The molecule has 0 atom stereocenters. The van der Waals surface area contributed by atoms with Crippen LogP contribution in [0.4, 0.5) is 23.0 Å². The average molecular weight is 329 g/mol. The Bertz CT molecular complexity index is 759. The number of aryl methyl sites for hydroxylation is 2. The van der Waals surface area contributed by atoms with Gasteiger partial charge in [-0.25, -0.2) is 9.97 Å². The molecule has 1 aromatic carbocycles. The van der Waals surface area contributed by atoms with Crippen LogP contribution in [0.3, 0.4) is 0 Å². The minimum atomic E-state index is -0.432. The second kappa shape index (κ2) is 6.79. The normalized spacial score (nSPS) is 14.5. The van der Waals surface area contributed by atoms with Gasteiger partial charge in [0.05, 0.1) is 18.1 Å². The fraction of sp³-hybridized carbons (Fsp3) is 0.375. The van der Waals surface area contributed by atoms with Crippen LogP contribution in [0.15, 0.2) is 24.5 Å². The third-order valence-corrected chi connectivity index (χ3v) is 3.94. The van der Waals surface area contributed by atoms with Gasteiger partial charge in [-0.05, 0) is 31.0 Å². The van der Waals surface area contributed by atoms with E-state index in [1.165, 1.54) is 6.33 Å².